The van der Waals surface area contributed by atoms with Crippen LogP contribution in [-0.4, -0.2) is 9.13 Å². The molecule has 200 valence electrons. The van der Waals surface area contributed by atoms with Crippen molar-refractivity contribution >= 4 is 76.3 Å². The number of hydrogen-bond acceptors (Lipinski definition) is 1. The van der Waals surface area contributed by atoms with Crippen LogP contribution >= 0.6 is 0 Å². The summed E-state index contributed by atoms with van der Waals surface area (Å²) in [5.74, 6) is 0. The highest BCUT2D eigenvalue weighted by Gasteiger charge is 2.21. The van der Waals surface area contributed by atoms with Gasteiger partial charge in [0, 0.05) is 43.4 Å². The van der Waals surface area contributed by atoms with Gasteiger partial charge in [-0.15, -0.1) is 0 Å². The van der Waals surface area contributed by atoms with Crippen LogP contribution < -0.4 is 0 Å². The van der Waals surface area contributed by atoms with E-state index in [1.54, 1.807) is 0 Å². The molecule has 0 bridgehead atoms. The topological polar surface area (TPSA) is 23.0 Å². The van der Waals surface area contributed by atoms with Crippen molar-refractivity contribution in [1.82, 2.24) is 9.13 Å². The van der Waals surface area contributed by atoms with Crippen molar-refractivity contribution in [2.45, 2.75) is 0 Å². The third kappa shape index (κ3) is 3.03. The second kappa shape index (κ2) is 8.37. The van der Waals surface area contributed by atoms with E-state index in [4.69, 9.17) is 4.42 Å². The molecule has 7 aromatic carbocycles. The quantitative estimate of drug-likeness (QED) is 0.211. The molecule has 3 heterocycles. The zero-order valence-corrected chi connectivity index (χ0v) is 23.2. The fourth-order valence-corrected chi connectivity index (χ4v) is 7.25. The molecule has 0 N–H and O–H groups in total. The van der Waals surface area contributed by atoms with Gasteiger partial charge in [0.25, 0.3) is 0 Å². The number of benzene rings is 7. The van der Waals surface area contributed by atoms with Gasteiger partial charge in [0.05, 0.1) is 27.8 Å². The van der Waals surface area contributed by atoms with Crippen LogP contribution in [0.1, 0.15) is 0 Å². The van der Waals surface area contributed by atoms with Crippen LogP contribution in [0, 0.1) is 0 Å². The number of nitrogens with zero attached hydrogens (tertiary/aromatic N) is 2. The maximum absolute atomic E-state index is 6.56. The average Bonchev–Trinajstić information content (AvgIpc) is 3.72. The van der Waals surface area contributed by atoms with Gasteiger partial charge < -0.3 is 13.6 Å². The van der Waals surface area contributed by atoms with Crippen molar-refractivity contribution in [3.05, 3.63) is 146 Å². The molecule has 0 aliphatic heterocycles. The van der Waals surface area contributed by atoms with Crippen LogP contribution in [0.5, 0.6) is 0 Å². The zero-order valence-electron chi connectivity index (χ0n) is 23.2. The first-order valence-electron chi connectivity index (χ1n) is 14.7. The highest BCUT2D eigenvalue weighted by atomic mass is 16.3. The first-order valence-corrected chi connectivity index (χ1v) is 14.7. The molecule has 0 saturated heterocycles. The molecule has 0 unspecified atom stereocenters. The Bertz CT molecular complexity index is 2720. The lowest BCUT2D eigenvalue weighted by Crippen LogP contribution is -1.96. The summed E-state index contributed by atoms with van der Waals surface area (Å²) in [7, 11) is 0. The Morgan fingerprint density at radius 3 is 2.00 bits per heavy atom. The molecule has 0 aliphatic carbocycles. The lowest BCUT2D eigenvalue weighted by Gasteiger charge is -2.11. The summed E-state index contributed by atoms with van der Waals surface area (Å²) in [5.41, 5.74) is 8.76. The molecular formula is C40H24N2O. The van der Waals surface area contributed by atoms with Crippen LogP contribution in [-0.2, 0) is 0 Å². The lowest BCUT2D eigenvalue weighted by molar-refractivity contribution is 0.666. The Balaban J connectivity index is 1.42. The van der Waals surface area contributed by atoms with E-state index < -0.39 is 0 Å². The maximum Gasteiger partial charge on any atom is 0.159 e. The van der Waals surface area contributed by atoms with Crippen molar-refractivity contribution in [3.63, 3.8) is 0 Å². The summed E-state index contributed by atoms with van der Waals surface area (Å²) in [6.45, 7) is 0. The van der Waals surface area contributed by atoms with Gasteiger partial charge in [-0.05, 0) is 47.9 Å². The molecule has 10 rings (SSSR count). The average molecular weight is 549 g/mol. The molecule has 0 fully saturated rings. The van der Waals surface area contributed by atoms with E-state index in [9.17, 15) is 0 Å². The molecule has 0 atom stereocenters. The number of aromatic nitrogens is 2. The van der Waals surface area contributed by atoms with E-state index in [-0.39, 0.29) is 0 Å². The monoisotopic (exact) mass is 548 g/mol. The summed E-state index contributed by atoms with van der Waals surface area (Å²) in [4.78, 5) is 0. The van der Waals surface area contributed by atoms with E-state index >= 15 is 0 Å². The third-order valence-electron chi connectivity index (χ3n) is 9.08. The minimum atomic E-state index is 0.904. The predicted molar refractivity (Wildman–Crippen MR) is 180 cm³/mol. The van der Waals surface area contributed by atoms with E-state index in [1.165, 1.54) is 48.9 Å². The Kier molecular flexibility index (Phi) is 4.45. The first-order chi connectivity index (χ1) is 21.3. The highest BCUT2D eigenvalue weighted by molar-refractivity contribution is 6.23. The Morgan fingerprint density at radius 2 is 1.09 bits per heavy atom. The molecule has 3 heteroatoms. The van der Waals surface area contributed by atoms with E-state index in [0.29, 0.717) is 0 Å². The largest absolute Gasteiger partial charge is 0.454 e. The van der Waals surface area contributed by atoms with Gasteiger partial charge in [-0.3, -0.25) is 0 Å². The molecule has 3 nitrogen and oxygen atoms in total. The van der Waals surface area contributed by atoms with E-state index in [0.717, 1.165) is 38.8 Å². The molecule has 10 aromatic rings. The zero-order chi connectivity index (χ0) is 28.1. The van der Waals surface area contributed by atoms with Gasteiger partial charge in [-0.1, -0.05) is 103 Å². The Labute approximate surface area is 246 Å². The molecule has 0 saturated carbocycles. The molecule has 0 aliphatic rings. The van der Waals surface area contributed by atoms with E-state index in [2.05, 4.69) is 149 Å². The SMILES string of the molecule is c1ccc(-n2c3cc4c(cc3c3ccc5ccccc5c32)c2ccccc2n4-c2cccc3c2oc2ccccc23)cc1. The Morgan fingerprint density at radius 1 is 0.395 bits per heavy atom. The normalized spacial score (nSPS) is 12.2. The number of rotatable bonds is 2. The van der Waals surface area contributed by atoms with Crippen LogP contribution in [0.4, 0.5) is 0 Å². The summed E-state index contributed by atoms with van der Waals surface area (Å²) in [6, 6.07) is 52.3. The van der Waals surface area contributed by atoms with Crippen LogP contribution in [0.25, 0.3) is 87.7 Å². The van der Waals surface area contributed by atoms with Crippen molar-refractivity contribution in [1.29, 1.82) is 0 Å². The predicted octanol–water partition coefficient (Wildman–Crippen LogP) is 10.9. The standard InChI is InChI=1S/C40H24N2O/c1-2-12-26(13-3-1)41-36-24-37-32(23-33(36)30-22-21-25-11-4-5-14-27(25)39(30)41)28-15-6-8-18-34(28)42(37)35-19-10-17-31-29-16-7-9-20-38(29)43-40(31)35/h1-24H. The second-order valence-electron chi connectivity index (χ2n) is 11.3. The smallest absolute Gasteiger partial charge is 0.159 e. The van der Waals surface area contributed by atoms with Crippen LogP contribution in [0.2, 0.25) is 0 Å². The molecule has 3 aromatic heterocycles. The third-order valence-corrected chi connectivity index (χ3v) is 9.08. The lowest BCUT2D eigenvalue weighted by atomic mass is 10.0. The minimum Gasteiger partial charge on any atom is -0.454 e. The fourth-order valence-electron chi connectivity index (χ4n) is 7.25. The highest BCUT2D eigenvalue weighted by Crippen LogP contribution is 2.43. The van der Waals surface area contributed by atoms with Gasteiger partial charge in [-0.25, -0.2) is 0 Å². The van der Waals surface area contributed by atoms with Crippen molar-refractivity contribution in [2.24, 2.45) is 0 Å². The number of hydrogen-bond donors (Lipinski definition) is 0. The molecule has 43 heavy (non-hydrogen) atoms. The van der Waals surface area contributed by atoms with Gasteiger partial charge >= 0.3 is 0 Å². The number of para-hydroxylation sites is 4. The number of fused-ring (bicyclic) bond motifs is 11. The fraction of sp³-hybridized carbons (Fsp3) is 0. The van der Waals surface area contributed by atoms with Gasteiger partial charge in [0.2, 0.25) is 0 Å². The van der Waals surface area contributed by atoms with Crippen molar-refractivity contribution in [2.75, 3.05) is 0 Å². The van der Waals surface area contributed by atoms with Gasteiger partial charge in [0.1, 0.15) is 5.58 Å². The van der Waals surface area contributed by atoms with Crippen LogP contribution in [0.3, 0.4) is 0 Å². The summed E-state index contributed by atoms with van der Waals surface area (Å²) < 4.78 is 11.4. The van der Waals surface area contributed by atoms with Crippen molar-refractivity contribution in [3.8, 4) is 11.4 Å². The number of furan rings is 1. The summed E-state index contributed by atoms with van der Waals surface area (Å²) in [5, 5.41) is 9.74. The Hall–Kier alpha value is -5.80. The molecule has 0 radical (unpaired) electrons. The molecule has 0 amide bonds. The first kappa shape index (κ1) is 22.8. The maximum atomic E-state index is 6.56. The van der Waals surface area contributed by atoms with E-state index in [1.807, 2.05) is 6.07 Å². The van der Waals surface area contributed by atoms with Gasteiger partial charge in [0.15, 0.2) is 5.58 Å². The molecular weight excluding hydrogens is 524 g/mol. The van der Waals surface area contributed by atoms with Crippen molar-refractivity contribution < 1.29 is 4.42 Å². The second-order valence-corrected chi connectivity index (χ2v) is 11.3. The van der Waals surface area contributed by atoms with Crippen LogP contribution in [0.15, 0.2) is 150 Å². The van der Waals surface area contributed by atoms with Gasteiger partial charge in [-0.2, -0.15) is 0 Å². The molecule has 0 spiro atoms. The summed E-state index contributed by atoms with van der Waals surface area (Å²) >= 11 is 0. The summed E-state index contributed by atoms with van der Waals surface area (Å²) in [6.07, 6.45) is 0. The minimum absolute atomic E-state index is 0.904.